The minimum absolute atomic E-state index is 0.0401. The van der Waals surface area contributed by atoms with E-state index in [9.17, 15) is 9.90 Å². The fourth-order valence-corrected chi connectivity index (χ4v) is 2.89. The molecule has 0 aliphatic rings. The minimum Gasteiger partial charge on any atom is -0.463 e. The van der Waals surface area contributed by atoms with E-state index in [-0.39, 0.29) is 12.1 Å². The summed E-state index contributed by atoms with van der Waals surface area (Å²) in [6, 6.07) is 8.93. The third-order valence-corrected chi connectivity index (χ3v) is 4.53. The fraction of sp³-hybridized carbons (Fsp3) is 0.524. The maximum absolute atomic E-state index is 11.9. The zero-order valence-electron chi connectivity index (χ0n) is 17.3. The third kappa shape index (κ3) is 6.27. The number of nitrogens with one attached hydrogen (secondary N) is 2. The summed E-state index contributed by atoms with van der Waals surface area (Å²) in [6.45, 7) is 9.83. The van der Waals surface area contributed by atoms with Crippen LogP contribution in [0.15, 0.2) is 44.5 Å². The summed E-state index contributed by atoms with van der Waals surface area (Å²) in [5.41, 5.74) is -0.146. The molecule has 0 fully saturated rings. The SMILES string of the molecule is CCNC(=NCC(C)(O)c1ccc(C)o1)NCCCCn1c(C)cccc1=O. The van der Waals surface area contributed by atoms with Gasteiger partial charge in [-0.25, -0.2) is 4.99 Å². The van der Waals surface area contributed by atoms with Gasteiger partial charge < -0.3 is 24.7 Å². The molecule has 2 rings (SSSR count). The lowest BCUT2D eigenvalue weighted by Crippen LogP contribution is -2.39. The van der Waals surface area contributed by atoms with E-state index in [1.54, 1.807) is 29.7 Å². The summed E-state index contributed by atoms with van der Waals surface area (Å²) in [5.74, 6) is 1.92. The highest BCUT2D eigenvalue weighted by atomic mass is 16.4. The second-order valence-corrected chi connectivity index (χ2v) is 7.17. The highest BCUT2D eigenvalue weighted by molar-refractivity contribution is 5.79. The van der Waals surface area contributed by atoms with E-state index >= 15 is 0 Å². The monoisotopic (exact) mass is 388 g/mol. The zero-order valence-corrected chi connectivity index (χ0v) is 17.3. The van der Waals surface area contributed by atoms with Gasteiger partial charge in [0.2, 0.25) is 0 Å². The normalized spacial score (nSPS) is 14.0. The van der Waals surface area contributed by atoms with Gasteiger partial charge in [0.1, 0.15) is 17.1 Å². The molecular weight excluding hydrogens is 356 g/mol. The second-order valence-electron chi connectivity index (χ2n) is 7.17. The van der Waals surface area contributed by atoms with Crippen LogP contribution < -0.4 is 16.2 Å². The van der Waals surface area contributed by atoms with Gasteiger partial charge in [0.15, 0.2) is 5.96 Å². The van der Waals surface area contributed by atoms with Crippen LogP contribution in [0.2, 0.25) is 0 Å². The number of aliphatic imine (C=N–C) groups is 1. The van der Waals surface area contributed by atoms with Gasteiger partial charge in [0, 0.05) is 31.4 Å². The van der Waals surface area contributed by atoms with Crippen molar-refractivity contribution in [3.8, 4) is 0 Å². The van der Waals surface area contributed by atoms with Gasteiger partial charge >= 0.3 is 0 Å². The minimum atomic E-state index is -1.16. The molecule has 7 heteroatoms. The molecule has 0 amide bonds. The number of nitrogens with zero attached hydrogens (tertiary/aromatic N) is 2. The first kappa shape index (κ1) is 21.8. The average Bonchev–Trinajstić information content (AvgIpc) is 3.09. The number of unbranched alkanes of at least 4 members (excludes halogenated alkanes) is 1. The van der Waals surface area contributed by atoms with Crippen LogP contribution in [0.5, 0.6) is 0 Å². The molecule has 0 radical (unpaired) electrons. The highest BCUT2D eigenvalue weighted by Crippen LogP contribution is 2.22. The Kier molecular flexibility index (Phi) is 7.87. The Morgan fingerprint density at radius 2 is 2.00 bits per heavy atom. The smallest absolute Gasteiger partial charge is 0.250 e. The highest BCUT2D eigenvalue weighted by Gasteiger charge is 2.26. The number of hydrogen-bond acceptors (Lipinski definition) is 4. The number of aromatic nitrogens is 1. The summed E-state index contributed by atoms with van der Waals surface area (Å²) in [7, 11) is 0. The lowest BCUT2D eigenvalue weighted by atomic mass is 10.0. The van der Waals surface area contributed by atoms with Crippen LogP contribution >= 0.6 is 0 Å². The number of aryl methyl sites for hydroxylation is 2. The Morgan fingerprint density at radius 1 is 1.21 bits per heavy atom. The number of pyridine rings is 1. The van der Waals surface area contributed by atoms with Crippen molar-refractivity contribution in [2.24, 2.45) is 4.99 Å². The van der Waals surface area contributed by atoms with Gasteiger partial charge in [-0.15, -0.1) is 0 Å². The first-order valence-corrected chi connectivity index (χ1v) is 9.81. The van der Waals surface area contributed by atoms with Crippen molar-refractivity contribution in [2.45, 2.75) is 52.7 Å². The van der Waals surface area contributed by atoms with E-state index in [2.05, 4.69) is 15.6 Å². The van der Waals surface area contributed by atoms with Gasteiger partial charge in [-0.3, -0.25) is 4.79 Å². The quantitative estimate of drug-likeness (QED) is 0.348. The summed E-state index contributed by atoms with van der Waals surface area (Å²) >= 11 is 0. The molecule has 3 N–H and O–H groups in total. The number of rotatable bonds is 9. The van der Waals surface area contributed by atoms with Crippen LogP contribution in [-0.4, -0.2) is 35.3 Å². The molecule has 1 atom stereocenters. The number of hydrogen-bond donors (Lipinski definition) is 3. The summed E-state index contributed by atoms with van der Waals surface area (Å²) in [4.78, 5) is 16.4. The van der Waals surface area contributed by atoms with Gasteiger partial charge in [-0.05, 0) is 58.7 Å². The largest absolute Gasteiger partial charge is 0.463 e. The molecular formula is C21H32N4O3. The van der Waals surface area contributed by atoms with E-state index < -0.39 is 5.60 Å². The zero-order chi connectivity index (χ0) is 20.6. The van der Waals surface area contributed by atoms with Crippen LogP contribution in [0, 0.1) is 13.8 Å². The van der Waals surface area contributed by atoms with E-state index in [1.807, 2.05) is 32.9 Å². The average molecular weight is 389 g/mol. The predicted molar refractivity (Wildman–Crippen MR) is 112 cm³/mol. The van der Waals surface area contributed by atoms with Gasteiger partial charge in [0.25, 0.3) is 5.56 Å². The Bertz CT molecular complexity index is 836. The maximum atomic E-state index is 11.9. The molecule has 7 nitrogen and oxygen atoms in total. The van der Waals surface area contributed by atoms with Crippen molar-refractivity contribution < 1.29 is 9.52 Å². The molecule has 0 aliphatic heterocycles. The van der Waals surface area contributed by atoms with Crippen LogP contribution in [0.3, 0.4) is 0 Å². The van der Waals surface area contributed by atoms with Crippen LogP contribution in [0.4, 0.5) is 0 Å². The molecule has 0 aliphatic carbocycles. The molecule has 0 saturated heterocycles. The van der Waals surface area contributed by atoms with E-state index in [1.165, 1.54) is 0 Å². The van der Waals surface area contributed by atoms with E-state index in [0.717, 1.165) is 37.4 Å². The molecule has 0 spiro atoms. The lowest BCUT2D eigenvalue weighted by molar-refractivity contribution is 0.0428. The van der Waals surface area contributed by atoms with E-state index in [4.69, 9.17) is 4.42 Å². The molecule has 0 bridgehead atoms. The topological polar surface area (TPSA) is 91.8 Å². The predicted octanol–water partition coefficient (Wildman–Crippen LogP) is 2.30. The number of furan rings is 1. The number of aliphatic hydroxyl groups is 1. The van der Waals surface area contributed by atoms with E-state index in [0.29, 0.717) is 18.3 Å². The fourth-order valence-electron chi connectivity index (χ4n) is 2.89. The van der Waals surface area contributed by atoms with Crippen LogP contribution in [-0.2, 0) is 12.1 Å². The van der Waals surface area contributed by atoms with Crippen LogP contribution in [0.25, 0.3) is 0 Å². The Labute approximate surface area is 166 Å². The molecule has 28 heavy (non-hydrogen) atoms. The van der Waals surface area contributed by atoms with Crippen molar-refractivity contribution in [3.05, 3.63) is 57.9 Å². The number of guanidine groups is 1. The summed E-state index contributed by atoms with van der Waals surface area (Å²) in [6.07, 6.45) is 1.79. The molecule has 0 aromatic carbocycles. The Morgan fingerprint density at radius 3 is 2.64 bits per heavy atom. The van der Waals surface area contributed by atoms with Crippen molar-refractivity contribution in [1.29, 1.82) is 0 Å². The lowest BCUT2D eigenvalue weighted by Gasteiger charge is -2.19. The summed E-state index contributed by atoms with van der Waals surface area (Å²) in [5, 5.41) is 17.1. The molecule has 2 aromatic rings. The van der Waals surface area contributed by atoms with Crippen molar-refractivity contribution >= 4 is 5.96 Å². The second kappa shape index (κ2) is 10.1. The molecule has 2 heterocycles. The Hall–Kier alpha value is -2.54. The van der Waals surface area contributed by atoms with Gasteiger partial charge in [-0.1, -0.05) is 6.07 Å². The van der Waals surface area contributed by atoms with Crippen molar-refractivity contribution in [1.82, 2.24) is 15.2 Å². The van der Waals surface area contributed by atoms with Crippen LogP contribution in [0.1, 0.15) is 43.9 Å². The summed E-state index contributed by atoms with van der Waals surface area (Å²) < 4.78 is 7.32. The molecule has 0 saturated carbocycles. The Balaban J connectivity index is 1.83. The third-order valence-electron chi connectivity index (χ3n) is 4.53. The first-order chi connectivity index (χ1) is 13.3. The molecule has 154 valence electrons. The maximum Gasteiger partial charge on any atom is 0.250 e. The molecule has 1 unspecified atom stereocenters. The first-order valence-electron chi connectivity index (χ1n) is 9.81. The molecule has 2 aromatic heterocycles. The standard InChI is InChI=1S/C21H32N4O3/c1-5-22-20(24-15-21(4,27)18-12-11-17(3)28-18)23-13-6-7-14-25-16(2)9-8-10-19(25)26/h8-12,27H,5-7,13-15H2,1-4H3,(H2,22,23,24). The van der Waals surface area contributed by atoms with Crippen molar-refractivity contribution in [2.75, 3.05) is 19.6 Å². The van der Waals surface area contributed by atoms with Gasteiger partial charge in [-0.2, -0.15) is 0 Å². The van der Waals surface area contributed by atoms with Gasteiger partial charge in [0.05, 0.1) is 6.54 Å². The van der Waals surface area contributed by atoms with Crippen molar-refractivity contribution in [3.63, 3.8) is 0 Å².